The molecule has 0 bridgehead atoms. The highest BCUT2D eigenvalue weighted by atomic mass is 16.5. The molecule has 2 fully saturated rings. The topological polar surface area (TPSA) is 58.6 Å². The highest BCUT2D eigenvalue weighted by Gasteiger charge is 2.46. The number of nitrogens with one attached hydrogen (secondary N) is 1. The Balaban J connectivity index is 1.33. The van der Waals surface area contributed by atoms with Gasteiger partial charge in [-0.3, -0.25) is 9.59 Å². The summed E-state index contributed by atoms with van der Waals surface area (Å²) in [6, 6.07) is 7.86. The first-order valence-electron chi connectivity index (χ1n) is 10.5. The Labute approximate surface area is 167 Å². The quantitative estimate of drug-likeness (QED) is 0.749. The Hall–Kier alpha value is -2.30. The number of hydrogen-bond acceptors (Lipinski definition) is 3. The van der Waals surface area contributed by atoms with Crippen LogP contribution in [0.3, 0.4) is 0 Å². The molecule has 1 saturated heterocycles. The predicted octanol–water partition coefficient (Wildman–Crippen LogP) is 3.44. The molecule has 3 aliphatic rings. The number of benzene rings is 1. The number of carbonyl (C=O) groups is 2. The molecule has 1 aliphatic heterocycles. The first-order valence-corrected chi connectivity index (χ1v) is 10.5. The lowest BCUT2D eigenvalue weighted by Crippen LogP contribution is -2.48. The van der Waals surface area contributed by atoms with Crippen LogP contribution in [0.15, 0.2) is 36.0 Å². The van der Waals surface area contributed by atoms with Crippen molar-refractivity contribution in [3.8, 4) is 5.75 Å². The first-order chi connectivity index (χ1) is 13.6. The van der Waals surface area contributed by atoms with Crippen molar-refractivity contribution in [3.05, 3.63) is 41.6 Å². The van der Waals surface area contributed by atoms with E-state index in [0.29, 0.717) is 31.7 Å². The number of aryl methyl sites for hydroxylation is 1. The minimum atomic E-state index is -0.0472. The second-order valence-corrected chi connectivity index (χ2v) is 8.48. The summed E-state index contributed by atoms with van der Waals surface area (Å²) in [5.41, 5.74) is 2.24. The van der Waals surface area contributed by atoms with Crippen molar-refractivity contribution in [1.82, 2.24) is 10.2 Å². The molecule has 0 spiro atoms. The predicted molar refractivity (Wildman–Crippen MR) is 108 cm³/mol. The molecule has 28 heavy (non-hydrogen) atoms. The van der Waals surface area contributed by atoms with Crippen LogP contribution in [0.1, 0.15) is 50.5 Å². The number of amides is 2. The summed E-state index contributed by atoms with van der Waals surface area (Å²) in [5, 5.41) is 3.17. The zero-order valence-electron chi connectivity index (χ0n) is 16.7. The maximum Gasteiger partial charge on any atom is 0.226 e. The van der Waals surface area contributed by atoms with E-state index in [4.69, 9.17) is 4.74 Å². The molecule has 1 atom stereocenters. The van der Waals surface area contributed by atoms with Crippen LogP contribution < -0.4 is 10.1 Å². The third kappa shape index (κ3) is 4.08. The highest BCUT2D eigenvalue weighted by molar-refractivity contribution is 5.80. The van der Waals surface area contributed by atoms with Crippen LogP contribution in [0.2, 0.25) is 0 Å². The number of allylic oxidation sites excluding steroid dienone is 1. The van der Waals surface area contributed by atoms with Gasteiger partial charge in [0.25, 0.3) is 0 Å². The number of rotatable bonds is 8. The summed E-state index contributed by atoms with van der Waals surface area (Å²) in [6.45, 7) is 1.51. The van der Waals surface area contributed by atoms with E-state index in [1.54, 1.807) is 7.11 Å². The van der Waals surface area contributed by atoms with Crippen molar-refractivity contribution in [2.75, 3.05) is 20.2 Å². The van der Waals surface area contributed by atoms with Crippen LogP contribution in [-0.2, 0) is 16.0 Å². The van der Waals surface area contributed by atoms with Gasteiger partial charge in [-0.2, -0.15) is 0 Å². The van der Waals surface area contributed by atoms with Crippen molar-refractivity contribution in [2.45, 2.75) is 51.4 Å². The molecule has 5 heteroatoms. The van der Waals surface area contributed by atoms with E-state index in [1.165, 1.54) is 18.5 Å². The number of hydrogen-bond donors (Lipinski definition) is 1. The minimum absolute atomic E-state index is 0.0472. The molecule has 1 aromatic carbocycles. The van der Waals surface area contributed by atoms with Crippen molar-refractivity contribution in [1.29, 1.82) is 0 Å². The molecule has 4 rings (SSSR count). The molecule has 5 nitrogen and oxygen atoms in total. The van der Waals surface area contributed by atoms with Gasteiger partial charge in [0.15, 0.2) is 0 Å². The van der Waals surface area contributed by atoms with Gasteiger partial charge in [0.05, 0.1) is 7.11 Å². The summed E-state index contributed by atoms with van der Waals surface area (Å²) in [5.74, 6) is 1.84. The lowest BCUT2D eigenvalue weighted by molar-refractivity contribution is -0.133. The smallest absolute Gasteiger partial charge is 0.226 e. The number of fused-ring (bicyclic) bond motifs is 1. The zero-order chi connectivity index (χ0) is 19.6. The Bertz CT molecular complexity index is 784. The van der Waals surface area contributed by atoms with Gasteiger partial charge in [-0.05, 0) is 62.1 Å². The van der Waals surface area contributed by atoms with Gasteiger partial charge in [0.1, 0.15) is 5.75 Å². The van der Waals surface area contributed by atoms with Crippen molar-refractivity contribution < 1.29 is 14.3 Å². The van der Waals surface area contributed by atoms with Gasteiger partial charge in [0.2, 0.25) is 11.8 Å². The van der Waals surface area contributed by atoms with E-state index in [1.807, 2.05) is 29.2 Å². The van der Waals surface area contributed by atoms with Crippen molar-refractivity contribution in [3.63, 3.8) is 0 Å². The second kappa shape index (κ2) is 7.98. The molecule has 1 aromatic rings. The number of likely N-dealkylation sites (tertiary alicyclic amines) is 1. The Morgan fingerprint density at radius 1 is 1.32 bits per heavy atom. The first kappa shape index (κ1) is 19.0. The van der Waals surface area contributed by atoms with E-state index in [0.717, 1.165) is 37.1 Å². The third-order valence-corrected chi connectivity index (χ3v) is 6.45. The summed E-state index contributed by atoms with van der Waals surface area (Å²) >= 11 is 0. The number of carbonyl (C=O) groups excluding carboxylic acids is 2. The molecule has 1 N–H and O–H groups in total. The monoisotopic (exact) mass is 382 g/mol. The summed E-state index contributed by atoms with van der Waals surface area (Å²) in [6.07, 6.45) is 9.38. The van der Waals surface area contributed by atoms with E-state index in [2.05, 4.69) is 11.4 Å². The molecule has 1 saturated carbocycles. The Morgan fingerprint density at radius 2 is 2.18 bits per heavy atom. The van der Waals surface area contributed by atoms with Crippen molar-refractivity contribution >= 4 is 11.8 Å². The fraction of sp³-hybridized carbons (Fsp3) is 0.565. The van der Waals surface area contributed by atoms with Crippen molar-refractivity contribution in [2.24, 2.45) is 11.3 Å². The largest absolute Gasteiger partial charge is 0.497 e. The van der Waals surface area contributed by atoms with Crippen LogP contribution in [0.5, 0.6) is 5.75 Å². The molecule has 2 amide bonds. The van der Waals surface area contributed by atoms with Crippen LogP contribution in [-0.4, -0.2) is 36.9 Å². The second-order valence-electron chi connectivity index (χ2n) is 8.48. The van der Waals surface area contributed by atoms with Crippen LogP contribution in [0, 0.1) is 11.3 Å². The third-order valence-electron chi connectivity index (χ3n) is 6.45. The summed E-state index contributed by atoms with van der Waals surface area (Å²) in [7, 11) is 1.65. The standard InChI is InChI=1S/C23H30N2O3/c1-28-19-5-2-4-17(14-19)9-10-21(26)24-16-23-12-3-6-20(23)25(15-18-7-8-18)22(27)11-13-23/h2,4-6,14,18H,3,7-13,15-16H2,1H3,(H,24,26). The fourth-order valence-corrected chi connectivity index (χ4v) is 4.56. The summed E-state index contributed by atoms with van der Waals surface area (Å²) in [4.78, 5) is 27.0. The van der Waals surface area contributed by atoms with E-state index in [-0.39, 0.29) is 17.2 Å². The van der Waals surface area contributed by atoms with Crippen LogP contribution >= 0.6 is 0 Å². The molecule has 1 unspecified atom stereocenters. The number of piperidine rings is 1. The Kier molecular flexibility index (Phi) is 5.42. The van der Waals surface area contributed by atoms with Gasteiger partial charge >= 0.3 is 0 Å². The molecule has 2 aliphatic carbocycles. The van der Waals surface area contributed by atoms with E-state index in [9.17, 15) is 9.59 Å². The number of nitrogens with zero attached hydrogens (tertiary/aromatic N) is 1. The lowest BCUT2D eigenvalue weighted by atomic mass is 9.76. The normalized spacial score (nSPS) is 24.0. The van der Waals surface area contributed by atoms with Gasteiger partial charge in [0, 0.05) is 37.0 Å². The molecule has 1 heterocycles. The van der Waals surface area contributed by atoms with E-state index >= 15 is 0 Å². The lowest BCUT2D eigenvalue weighted by Gasteiger charge is -2.42. The molecular weight excluding hydrogens is 352 g/mol. The van der Waals surface area contributed by atoms with E-state index < -0.39 is 0 Å². The average Bonchev–Trinajstić information content (AvgIpc) is 3.44. The van der Waals surface area contributed by atoms with Crippen LogP contribution in [0.25, 0.3) is 0 Å². The van der Waals surface area contributed by atoms with Gasteiger partial charge in [-0.15, -0.1) is 0 Å². The van der Waals surface area contributed by atoms with Gasteiger partial charge < -0.3 is 15.0 Å². The molecule has 0 aromatic heterocycles. The zero-order valence-corrected chi connectivity index (χ0v) is 16.7. The van der Waals surface area contributed by atoms with Crippen LogP contribution in [0.4, 0.5) is 0 Å². The average molecular weight is 383 g/mol. The maximum atomic E-state index is 12.5. The number of methoxy groups -OCH3 is 1. The highest BCUT2D eigenvalue weighted by Crippen LogP contribution is 2.48. The molecule has 0 radical (unpaired) electrons. The SMILES string of the molecule is COc1cccc(CCC(=O)NCC23CCC=C2N(CC2CC2)C(=O)CC3)c1. The Morgan fingerprint density at radius 3 is 2.96 bits per heavy atom. The van der Waals surface area contributed by atoms with Gasteiger partial charge in [-0.1, -0.05) is 18.2 Å². The number of ether oxygens (including phenoxy) is 1. The fourth-order valence-electron chi connectivity index (χ4n) is 4.56. The maximum absolute atomic E-state index is 12.5. The minimum Gasteiger partial charge on any atom is -0.497 e. The molecular formula is C23H30N2O3. The molecule has 150 valence electrons. The van der Waals surface area contributed by atoms with Gasteiger partial charge in [-0.25, -0.2) is 0 Å². The summed E-state index contributed by atoms with van der Waals surface area (Å²) < 4.78 is 5.25.